The number of benzene rings is 2. The number of halogens is 11. The van der Waals surface area contributed by atoms with Gasteiger partial charge in [0.2, 0.25) is 5.91 Å². The van der Waals surface area contributed by atoms with Crippen molar-refractivity contribution in [1.29, 1.82) is 0 Å². The summed E-state index contributed by atoms with van der Waals surface area (Å²) >= 11 is 7.62. The number of allylic oxidation sites excluding steroid dienone is 2. The van der Waals surface area contributed by atoms with Crippen LogP contribution in [0.5, 0.6) is 0 Å². The van der Waals surface area contributed by atoms with Crippen LogP contribution in [0.3, 0.4) is 0 Å². The van der Waals surface area contributed by atoms with E-state index in [2.05, 4.69) is 15.4 Å². The number of aryl methyl sites for hydroxylation is 1. The molecule has 10 nitrogen and oxygen atoms in total. The summed E-state index contributed by atoms with van der Waals surface area (Å²) in [6, 6.07) is 6.32. The molecular weight excluding hydrogens is 882 g/mol. The molecule has 1 saturated heterocycles. The van der Waals surface area contributed by atoms with Crippen LogP contribution in [-0.2, 0) is 24.2 Å². The third kappa shape index (κ3) is 8.91. The Bertz CT molecular complexity index is 2460. The SMILES string of the molecule is CCc1ccc(-c2ccc(Cl)c3c(N(SC)C(=O)N4CCCC4)nn(CC(F)(F)F)c23)c(C(Cc2cc(F)cc(F)c2)NC(=O)CN=C2/C(=C(\N)C(F)(F)F)[C@H]3C[C@H]3C2(F)F)n1. The van der Waals surface area contributed by atoms with E-state index in [0.29, 0.717) is 29.5 Å². The molecule has 2 aromatic heterocycles. The van der Waals surface area contributed by atoms with Gasteiger partial charge in [0.1, 0.15) is 36.1 Å². The number of amides is 3. The second-order valence-corrected chi connectivity index (χ2v) is 16.3. The molecule has 62 heavy (non-hydrogen) atoms. The lowest BCUT2D eigenvalue weighted by atomic mass is 9.93. The van der Waals surface area contributed by atoms with Crippen molar-refractivity contribution in [3.8, 4) is 11.1 Å². The zero-order chi connectivity index (χ0) is 45.1. The molecule has 2 aliphatic carbocycles. The van der Waals surface area contributed by atoms with Crippen LogP contribution in [0.15, 0.2) is 58.7 Å². The van der Waals surface area contributed by atoms with Crippen molar-refractivity contribution < 1.29 is 53.5 Å². The zero-order valence-electron chi connectivity index (χ0n) is 32.8. The van der Waals surface area contributed by atoms with Crippen molar-refractivity contribution in [3.63, 3.8) is 0 Å². The summed E-state index contributed by atoms with van der Waals surface area (Å²) in [6.07, 6.45) is -7.45. The van der Waals surface area contributed by atoms with Crippen LogP contribution < -0.4 is 15.4 Å². The smallest absolute Gasteiger partial charge is 0.394 e. The van der Waals surface area contributed by atoms with Crippen LogP contribution in [0, 0.1) is 23.5 Å². The number of nitrogens with two attached hydrogens (primary N) is 1. The minimum absolute atomic E-state index is 0.0272. The van der Waals surface area contributed by atoms with Gasteiger partial charge < -0.3 is 16.0 Å². The standard InChI is InChI=1S/C40H37ClF10N8O2S/c1-3-22-6-7-23(24-8-9-27(41)31-33(24)58(18-38(44,45)46)56-36(31)59(62-2)37(61)57-10-4-5-11-57)32(54-22)28(14-19-12-20(42)15-21(43)13-19)55-29(60)17-53-35-30(34(52)40(49,50)51)25-16-26(25)39(35,47)48/h6-9,12-13,15,25-26,28H,3-5,10-11,14,16-18,52H2,1-2H3,(H,55,60)/b34-30-,53-35?/t25-,26+,28?/m0/s1. The van der Waals surface area contributed by atoms with E-state index in [-0.39, 0.29) is 57.0 Å². The van der Waals surface area contributed by atoms with E-state index in [1.807, 2.05) is 0 Å². The lowest BCUT2D eigenvalue weighted by Crippen LogP contribution is -2.38. The molecular formula is C40H37ClF10N8O2S. The Kier molecular flexibility index (Phi) is 12.3. The first-order valence-electron chi connectivity index (χ1n) is 19.3. The van der Waals surface area contributed by atoms with Gasteiger partial charge in [-0.15, -0.1) is 0 Å². The Morgan fingerprint density at radius 1 is 1.05 bits per heavy atom. The zero-order valence-corrected chi connectivity index (χ0v) is 34.4. The van der Waals surface area contributed by atoms with Crippen LogP contribution >= 0.6 is 23.5 Å². The highest BCUT2D eigenvalue weighted by atomic mass is 35.5. The van der Waals surface area contributed by atoms with E-state index in [1.54, 1.807) is 13.0 Å². The number of fused-ring (bicyclic) bond motifs is 2. The summed E-state index contributed by atoms with van der Waals surface area (Å²) in [6.45, 7) is -0.240. The minimum Gasteiger partial charge on any atom is -0.394 e. The molecule has 0 bridgehead atoms. The normalized spacial score (nSPS) is 20.5. The number of pyridine rings is 1. The predicted molar refractivity (Wildman–Crippen MR) is 213 cm³/mol. The Balaban J connectivity index is 1.37. The number of alkyl halides is 8. The van der Waals surface area contributed by atoms with E-state index < -0.39 is 96.2 Å². The van der Waals surface area contributed by atoms with Gasteiger partial charge in [0.25, 0.3) is 5.92 Å². The topological polar surface area (TPSA) is 122 Å². The van der Waals surface area contributed by atoms with Crippen LogP contribution in [0.2, 0.25) is 5.02 Å². The van der Waals surface area contributed by atoms with Gasteiger partial charge in [0.15, 0.2) is 5.82 Å². The number of likely N-dealkylation sites (tertiary alicyclic amines) is 1. The quantitative estimate of drug-likeness (QED) is 0.114. The predicted octanol–water partition coefficient (Wildman–Crippen LogP) is 9.36. The molecule has 1 aliphatic heterocycles. The first kappa shape index (κ1) is 45.0. The molecule has 3 aliphatic rings. The van der Waals surface area contributed by atoms with Gasteiger partial charge in [0, 0.05) is 53.7 Å². The third-order valence-corrected chi connectivity index (χ3v) is 11.9. The third-order valence-electron chi connectivity index (χ3n) is 10.9. The second-order valence-electron chi connectivity index (χ2n) is 15.1. The summed E-state index contributed by atoms with van der Waals surface area (Å²) < 4.78 is 145. The molecule has 1 unspecified atom stereocenters. The molecule has 7 rings (SSSR count). The van der Waals surface area contributed by atoms with E-state index in [1.165, 1.54) is 29.4 Å². The molecule has 22 heteroatoms. The molecule has 3 amide bonds. The number of anilines is 1. The Hall–Kier alpha value is -5.05. The van der Waals surface area contributed by atoms with Gasteiger partial charge >= 0.3 is 18.4 Å². The fourth-order valence-corrected chi connectivity index (χ4v) is 8.90. The lowest BCUT2D eigenvalue weighted by molar-refractivity contribution is -0.141. The summed E-state index contributed by atoms with van der Waals surface area (Å²) in [5, 5.41) is 6.74. The largest absolute Gasteiger partial charge is 0.431 e. The molecule has 0 radical (unpaired) electrons. The number of aromatic nitrogens is 3. The molecule has 3 heterocycles. The van der Waals surface area contributed by atoms with E-state index in [9.17, 15) is 44.7 Å². The van der Waals surface area contributed by atoms with Crippen molar-refractivity contribution in [3.05, 3.63) is 87.3 Å². The maximum Gasteiger partial charge on any atom is 0.431 e. The Morgan fingerprint density at radius 2 is 1.71 bits per heavy atom. The van der Waals surface area contributed by atoms with E-state index in [4.69, 9.17) is 22.3 Å². The molecule has 3 atom stereocenters. The van der Waals surface area contributed by atoms with Crippen molar-refractivity contribution >= 4 is 57.9 Å². The number of rotatable bonds is 11. The van der Waals surface area contributed by atoms with Gasteiger partial charge in [-0.1, -0.05) is 30.7 Å². The summed E-state index contributed by atoms with van der Waals surface area (Å²) in [5.41, 5.74) is 1.55. The Morgan fingerprint density at radius 3 is 2.32 bits per heavy atom. The molecule has 3 fully saturated rings. The number of hydrogen-bond acceptors (Lipinski definition) is 7. The van der Waals surface area contributed by atoms with Gasteiger partial charge in [0.05, 0.1) is 27.7 Å². The lowest BCUT2D eigenvalue weighted by Gasteiger charge is -2.24. The van der Waals surface area contributed by atoms with Crippen LogP contribution in [0.4, 0.5) is 54.5 Å². The van der Waals surface area contributed by atoms with Crippen molar-refractivity contribution in [1.82, 2.24) is 25.0 Å². The number of urea groups is 1. The molecule has 0 spiro atoms. The van der Waals surface area contributed by atoms with Gasteiger partial charge in [-0.25, -0.2) is 17.9 Å². The van der Waals surface area contributed by atoms with Gasteiger partial charge in [-0.2, -0.15) is 40.2 Å². The van der Waals surface area contributed by atoms with Crippen molar-refractivity contribution in [2.45, 2.75) is 69.9 Å². The molecule has 3 N–H and O–H groups in total. The molecule has 332 valence electrons. The number of aliphatic imine (C=N–C) groups is 1. The first-order valence-corrected chi connectivity index (χ1v) is 20.8. The Labute approximate surface area is 356 Å². The molecule has 2 saturated carbocycles. The summed E-state index contributed by atoms with van der Waals surface area (Å²) in [5.74, 6) is -9.85. The highest BCUT2D eigenvalue weighted by molar-refractivity contribution is 8.00. The number of hydrogen-bond donors (Lipinski definition) is 2. The van der Waals surface area contributed by atoms with Crippen LogP contribution in [0.25, 0.3) is 22.0 Å². The number of nitrogens with zero attached hydrogens (tertiary/aromatic N) is 6. The molecule has 2 aromatic carbocycles. The van der Waals surface area contributed by atoms with Crippen molar-refractivity contribution in [2.75, 3.05) is 30.2 Å². The fourth-order valence-electron chi connectivity index (χ4n) is 8.09. The number of carbonyl (C=O) groups is 2. The summed E-state index contributed by atoms with van der Waals surface area (Å²) in [4.78, 5) is 37.3. The van der Waals surface area contributed by atoms with Crippen molar-refractivity contribution in [2.24, 2.45) is 22.6 Å². The number of carbonyl (C=O) groups excluding carboxylic acids is 2. The second kappa shape index (κ2) is 16.9. The van der Waals surface area contributed by atoms with Crippen LogP contribution in [0.1, 0.15) is 49.2 Å². The minimum atomic E-state index is -5.16. The monoisotopic (exact) mass is 918 g/mol. The maximum absolute atomic E-state index is 15.3. The summed E-state index contributed by atoms with van der Waals surface area (Å²) in [7, 11) is 0. The highest BCUT2D eigenvalue weighted by Gasteiger charge is 2.68. The maximum atomic E-state index is 15.3. The van der Waals surface area contributed by atoms with E-state index >= 15 is 8.78 Å². The highest BCUT2D eigenvalue weighted by Crippen LogP contribution is 2.62. The van der Waals surface area contributed by atoms with Crippen LogP contribution in [-0.4, -0.2) is 81.5 Å². The first-order chi connectivity index (χ1) is 29.1. The molecule has 4 aromatic rings. The van der Waals surface area contributed by atoms with Gasteiger partial charge in [-0.3, -0.25) is 19.5 Å². The average molecular weight is 919 g/mol. The van der Waals surface area contributed by atoms with Gasteiger partial charge in [-0.05, 0) is 79.8 Å². The average Bonchev–Trinajstić information content (AvgIpc) is 3.52. The number of nitrogens with one attached hydrogen (secondary N) is 1. The van der Waals surface area contributed by atoms with E-state index in [0.717, 1.165) is 41.2 Å². The fraction of sp³-hybridized carbons (Fsp3) is 0.425.